The van der Waals surface area contributed by atoms with Gasteiger partial charge in [0.25, 0.3) is 0 Å². The number of hydrogen-bond donors (Lipinski definition) is 1. The monoisotopic (exact) mass is 337 g/mol. The van der Waals surface area contributed by atoms with Crippen LogP contribution in [0.5, 0.6) is 5.75 Å². The molecule has 1 aromatic carbocycles. The van der Waals surface area contributed by atoms with E-state index in [1.807, 2.05) is 14.1 Å². The highest BCUT2D eigenvalue weighted by Gasteiger charge is 2.19. The molecule has 2 aromatic rings. The molecule has 0 fully saturated rings. The summed E-state index contributed by atoms with van der Waals surface area (Å²) in [5.74, 6) is 1.88. The molecule has 0 aliphatic rings. The molecule has 2 rings (SSSR count). The van der Waals surface area contributed by atoms with Gasteiger partial charge in [0.2, 0.25) is 0 Å². The summed E-state index contributed by atoms with van der Waals surface area (Å²) < 4.78 is 8.52. The van der Waals surface area contributed by atoms with Gasteiger partial charge >= 0.3 is 0 Å². The number of aromatic nitrogens is 2. The van der Waals surface area contributed by atoms with Gasteiger partial charge in [0.15, 0.2) is 0 Å². The third-order valence-corrected chi connectivity index (χ3v) is 3.91. The Morgan fingerprint density at radius 3 is 2.65 bits per heavy atom. The van der Waals surface area contributed by atoms with Crippen molar-refractivity contribution in [3.05, 3.63) is 33.7 Å². The summed E-state index contributed by atoms with van der Waals surface area (Å²) in [6.07, 6.45) is 0. The number of nitrogens with one attached hydrogen (secondary N) is 1. The van der Waals surface area contributed by atoms with Crippen LogP contribution in [0.3, 0.4) is 0 Å². The van der Waals surface area contributed by atoms with Gasteiger partial charge in [-0.05, 0) is 54.0 Å². The third-order valence-electron chi connectivity index (χ3n) is 3.36. The van der Waals surface area contributed by atoms with Crippen molar-refractivity contribution < 1.29 is 4.74 Å². The van der Waals surface area contributed by atoms with E-state index < -0.39 is 0 Å². The Labute approximate surface area is 128 Å². The predicted octanol–water partition coefficient (Wildman–Crippen LogP) is 3.19. The lowest BCUT2D eigenvalue weighted by molar-refractivity contribution is 0.413. The molecule has 0 aliphatic carbocycles. The largest absolute Gasteiger partial charge is 0.496 e. The van der Waals surface area contributed by atoms with Crippen molar-refractivity contribution in [3.63, 3.8) is 0 Å². The van der Waals surface area contributed by atoms with Crippen molar-refractivity contribution in [3.8, 4) is 17.0 Å². The molecule has 1 heterocycles. The minimum Gasteiger partial charge on any atom is -0.496 e. The summed E-state index contributed by atoms with van der Waals surface area (Å²) in [5.41, 5.74) is 4.44. The molecule has 0 amide bonds. The Kier molecular flexibility index (Phi) is 4.50. The van der Waals surface area contributed by atoms with E-state index in [1.54, 1.807) is 7.11 Å². The Morgan fingerprint density at radius 1 is 1.35 bits per heavy atom. The number of methoxy groups -OCH3 is 1. The normalized spacial score (nSPS) is 10.9. The highest BCUT2D eigenvalue weighted by atomic mass is 79.9. The number of benzene rings is 1. The number of rotatable bonds is 4. The van der Waals surface area contributed by atoms with E-state index in [9.17, 15) is 0 Å². The van der Waals surface area contributed by atoms with Gasteiger partial charge in [-0.1, -0.05) is 6.07 Å². The minimum atomic E-state index is 0.724. The van der Waals surface area contributed by atoms with Gasteiger partial charge in [0, 0.05) is 12.6 Å². The van der Waals surface area contributed by atoms with Crippen LogP contribution in [0.4, 0.5) is 0 Å². The van der Waals surface area contributed by atoms with Crippen LogP contribution in [0.25, 0.3) is 11.3 Å². The molecule has 1 N–H and O–H groups in total. The fourth-order valence-electron chi connectivity index (χ4n) is 2.52. The molecular formula is C15H20BrN3O. The molecular weight excluding hydrogens is 318 g/mol. The zero-order valence-corrected chi connectivity index (χ0v) is 14.1. The van der Waals surface area contributed by atoms with Crippen molar-refractivity contribution in [1.29, 1.82) is 0 Å². The highest BCUT2D eigenvalue weighted by Crippen LogP contribution is 2.38. The van der Waals surface area contributed by atoms with Gasteiger partial charge in [0.1, 0.15) is 16.2 Å². The molecule has 0 spiro atoms. The van der Waals surface area contributed by atoms with Crippen LogP contribution >= 0.6 is 15.9 Å². The lowest BCUT2D eigenvalue weighted by Gasteiger charge is -2.14. The topological polar surface area (TPSA) is 39.1 Å². The first-order valence-electron chi connectivity index (χ1n) is 6.50. The molecule has 4 nitrogen and oxygen atoms in total. The number of halogens is 1. The molecule has 1 aromatic heterocycles. The second-order valence-corrected chi connectivity index (χ2v) is 5.67. The zero-order chi connectivity index (χ0) is 14.9. The summed E-state index contributed by atoms with van der Waals surface area (Å²) in [5, 5.41) is 3.13. The Hall–Kier alpha value is -1.33. The molecule has 0 unspecified atom stereocenters. The summed E-state index contributed by atoms with van der Waals surface area (Å²) in [6.45, 7) is 4.88. The second kappa shape index (κ2) is 5.97. The van der Waals surface area contributed by atoms with E-state index >= 15 is 0 Å². The van der Waals surface area contributed by atoms with Crippen LogP contribution < -0.4 is 10.1 Å². The van der Waals surface area contributed by atoms with Crippen molar-refractivity contribution in [2.45, 2.75) is 20.4 Å². The lowest BCUT2D eigenvalue weighted by Crippen LogP contribution is -2.10. The maximum Gasteiger partial charge on any atom is 0.132 e. The van der Waals surface area contributed by atoms with E-state index in [0.29, 0.717) is 0 Å². The zero-order valence-electron chi connectivity index (χ0n) is 12.5. The summed E-state index contributed by atoms with van der Waals surface area (Å²) >= 11 is 3.57. The first-order chi connectivity index (χ1) is 9.49. The van der Waals surface area contributed by atoms with E-state index in [4.69, 9.17) is 4.74 Å². The first-order valence-corrected chi connectivity index (χ1v) is 7.30. The maximum absolute atomic E-state index is 5.59. The lowest BCUT2D eigenvalue weighted by atomic mass is 10.0. The van der Waals surface area contributed by atoms with E-state index in [0.717, 1.165) is 39.5 Å². The second-order valence-electron chi connectivity index (χ2n) is 4.92. The Morgan fingerprint density at radius 2 is 2.05 bits per heavy atom. The highest BCUT2D eigenvalue weighted by molar-refractivity contribution is 9.10. The van der Waals surface area contributed by atoms with Gasteiger partial charge in [-0.2, -0.15) is 0 Å². The molecule has 0 aliphatic heterocycles. The molecule has 20 heavy (non-hydrogen) atoms. The molecule has 108 valence electrons. The maximum atomic E-state index is 5.59. The standard InChI is InChI=1S/C15H20BrN3O/c1-9-6-10(2)14(20-5)11(7-9)13-15(16)18-12(8-17-3)19(13)4/h6-7,17H,8H2,1-5H3. The number of aryl methyl sites for hydroxylation is 2. The quantitative estimate of drug-likeness (QED) is 0.931. The SMILES string of the molecule is CNCc1nc(Br)c(-c2cc(C)cc(C)c2OC)n1C. The molecule has 5 heteroatoms. The average Bonchev–Trinajstić information content (AvgIpc) is 2.64. The summed E-state index contributed by atoms with van der Waals surface area (Å²) in [7, 11) is 5.65. The van der Waals surface area contributed by atoms with Gasteiger partial charge < -0.3 is 14.6 Å². The molecule has 0 atom stereocenters. The smallest absolute Gasteiger partial charge is 0.132 e. The van der Waals surface area contributed by atoms with Gasteiger partial charge in [-0.3, -0.25) is 0 Å². The number of nitrogens with zero attached hydrogens (tertiary/aromatic N) is 2. The van der Waals surface area contributed by atoms with Crippen LogP contribution in [0.1, 0.15) is 17.0 Å². The Balaban J connectivity index is 2.68. The minimum absolute atomic E-state index is 0.724. The third kappa shape index (κ3) is 2.60. The van der Waals surface area contributed by atoms with Gasteiger partial charge in [-0.15, -0.1) is 0 Å². The molecule has 0 radical (unpaired) electrons. The van der Waals surface area contributed by atoms with E-state index in [1.165, 1.54) is 5.56 Å². The summed E-state index contributed by atoms with van der Waals surface area (Å²) in [6, 6.07) is 4.26. The predicted molar refractivity (Wildman–Crippen MR) is 85.1 cm³/mol. The van der Waals surface area contributed by atoms with Crippen molar-refractivity contribution in [1.82, 2.24) is 14.9 Å². The van der Waals surface area contributed by atoms with Crippen molar-refractivity contribution >= 4 is 15.9 Å². The fraction of sp³-hybridized carbons (Fsp3) is 0.400. The van der Waals surface area contributed by atoms with Crippen molar-refractivity contribution in [2.24, 2.45) is 7.05 Å². The van der Waals surface area contributed by atoms with Crippen molar-refractivity contribution in [2.75, 3.05) is 14.2 Å². The van der Waals surface area contributed by atoms with Gasteiger partial charge in [-0.25, -0.2) is 4.98 Å². The van der Waals surface area contributed by atoms with Crippen LogP contribution in [-0.2, 0) is 13.6 Å². The first kappa shape index (κ1) is 15.1. The molecule has 0 saturated heterocycles. The fourth-order valence-corrected chi connectivity index (χ4v) is 3.20. The number of hydrogen-bond acceptors (Lipinski definition) is 3. The molecule has 0 bridgehead atoms. The van der Waals surface area contributed by atoms with E-state index in [-0.39, 0.29) is 0 Å². The molecule has 0 saturated carbocycles. The Bertz CT molecular complexity index is 635. The van der Waals surface area contributed by atoms with E-state index in [2.05, 4.69) is 56.8 Å². The van der Waals surface area contributed by atoms with Crippen LogP contribution in [0, 0.1) is 13.8 Å². The van der Waals surface area contributed by atoms with Gasteiger partial charge in [0.05, 0.1) is 19.3 Å². The van der Waals surface area contributed by atoms with Crippen LogP contribution in [0.15, 0.2) is 16.7 Å². The average molecular weight is 338 g/mol. The summed E-state index contributed by atoms with van der Waals surface area (Å²) in [4.78, 5) is 4.57. The van der Waals surface area contributed by atoms with Crippen LogP contribution in [0.2, 0.25) is 0 Å². The number of imidazole rings is 1. The van der Waals surface area contributed by atoms with Crippen LogP contribution in [-0.4, -0.2) is 23.7 Å². The number of ether oxygens (including phenoxy) is 1.